The monoisotopic (exact) mass is 270 g/mol. The summed E-state index contributed by atoms with van der Waals surface area (Å²) in [5, 5.41) is 4.61. The zero-order valence-corrected chi connectivity index (χ0v) is 12.5. The molecule has 4 heteroatoms. The van der Waals surface area contributed by atoms with E-state index in [0.29, 0.717) is 16.4 Å². The minimum Gasteiger partial charge on any atom is -0.341 e. The highest BCUT2D eigenvalue weighted by Gasteiger charge is 2.26. The van der Waals surface area contributed by atoms with Crippen LogP contribution < -0.4 is 5.32 Å². The quantitative estimate of drug-likeness (QED) is 0.852. The highest BCUT2D eigenvalue weighted by molar-refractivity contribution is 8.00. The normalized spacial score (nSPS) is 33.4. The van der Waals surface area contributed by atoms with Gasteiger partial charge in [-0.05, 0) is 38.3 Å². The molecule has 1 amide bonds. The van der Waals surface area contributed by atoms with E-state index >= 15 is 0 Å². The average molecular weight is 270 g/mol. The smallest absolute Gasteiger partial charge is 0.222 e. The molecule has 3 nitrogen and oxygen atoms in total. The van der Waals surface area contributed by atoms with E-state index < -0.39 is 0 Å². The predicted molar refractivity (Wildman–Crippen MR) is 77.9 cm³/mol. The number of nitrogens with zero attached hydrogens (tertiary/aromatic N) is 1. The fourth-order valence-electron chi connectivity index (χ4n) is 3.04. The number of carbonyl (C=O) groups excluding carboxylic acids is 1. The average Bonchev–Trinajstić information content (AvgIpc) is 2.36. The molecule has 0 aromatic heterocycles. The fourth-order valence-corrected chi connectivity index (χ4v) is 4.36. The van der Waals surface area contributed by atoms with Crippen molar-refractivity contribution in [2.45, 2.75) is 50.0 Å². The third kappa shape index (κ3) is 4.16. The van der Waals surface area contributed by atoms with Gasteiger partial charge >= 0.3 is 0 Å². The van der Waals surface area contributed by atoms with Gasteiger partial charge < -0.3 is 10.2 Å². The van der Waals surface area contributed by atoms with E-state index in [0.717, 1.165) is 44.9 Å². The largest absolute Gasteiger partial charge is 0.341 e. The maximum atomic E-state index is 12.2. The molecule has 2 rings (SSSR count). The molecule has 2 fully saturated rings. The lowest BCUT2D eigenvalue weighted by atomic mass is 9.94. The molecule has 0 bridgehead atoms. The van der Waals surface area contributed by atoms with Crippen molar-refractivity contribution in [2.24, 2.45) is 5.92 Å². The lowest BCUT2D eigenvalue weighted by molar-refractivity contribution is -0.131. The van der Waals surface area contributed by atoms with Crippen molar-refractivity contribution < 1.29 is 4.79 Å². The fraction of sp³-hybridized carbons (Fsp3) is 0.929. The van der Waals surface area contributed by atoms with Crippen molar-refractivity contribution in [1.82, 2.24) is 10.2 Å². The van der Waals surface area contributed by atoms with Gasteiger partial charge in [0.2, 0.25) is 5.91 Å². The van der Waals surface area contributed by atoms with E-state index in [1.165, 1.54) is 12.8 Å². The van der Waals surface area contributed by atoms with Crippen molar-refractivity contribution in [3.63, 3.8) is 0 Å². The van der Waals surface area contributed by atoms with Gasteiger partial charge in [0.15, 0.2) is 0 Å². The molecule has 0 aliphatic carbocycles. The van der Waals surface area contributed by atoms with Gasteiger partial charge in [-0.15, -0.1) is 0 Å². The molecule has 3 atom stereocenters. The van der Waals surface area contributed by atoms with Crippen LogP contribution in [0.2, 0.25) is 0 Å². The summed E-state index contributed by atoms with van der Waals surface area (Å²) in [6.45, 7) is 8.60. The molecular weight excluding hydrogens is 244 g/mol. The van der Waals surface area contributed by atoms with Crippen molar-refractivity contribution in [1.29, 1.82) is 0 Å². The molecule has 1 N–H and O–H groups in total. The Balaban J connectivity index is 1.73. The summed E-state index contributed by atoms with van der Waals surface area (Å²) in [4.78, 5) is 14.3. The minimum atomic E-state index is 0.375. The summed E-state index contributed by atoms with van der Waals surface area (Å²) < 4.78 is 0. The lowest BCUT2D eigenvalue weighted by Crippen LogP contribution is -2.44. The molecule has 2 heterocycles. The molecule has 0 saturated carbocycles. The molecule has 2 aliphatic rings. The van der Waals surface area contributed by atoms with E-state index in [-0.39, 0.29) is 0 Å². The zero-order chi connectivity index (χ0) is 13.0. The van der Waals surface area contributed by atoms with E-state index in [1.54, 1.807) is 0 Å². The Labute approximate surface area is 115 Å². The second kappa shape index (κ2) is 6.80. The standard InChI is InChI=1S/C14H26N2OS/c1-11-9-16(10-12(2)18-11)14(17)6-5-13-4-3-7-15-8-13/h11-13,15H,3-10H2,1-2H3. The summed E-state index contributed by atoms with van der Waals surface area (Å²) in [5.41, 5.74) is 0. The van der Waals surface area contributed by atoms with Gasteiger partial charge in [0.05, 0.1) is 0 Å². The summed E-state index contributed by atoms with van der Waals surface area (Å²) in [7, 11) is 0. The number of thioether (sulfide) groups is 1. The van der Waals surface area contributed by atoms with Crippen LogP contribution in [0, 0.1) is 5.92 Å². The van der Waals surface area contributed by atoms with Gasteiger partial charge in [-0.2, -0.15) is 11.8 Å². The topological polar surface area (TPSA) is 32.3 Å². The van der Waals surface area contributed by atoms with Crippen LogP contribution in [-0.4, -0.2) is 47.5 Å². The Morgan fingerprint density at radius 2 is 2.06 bits per heavy atom. The van der Waals surface area contributed by atoms with Crippen LogP contribution in [0.15, 0.2) is 0 Å². The molecular formula is C14H26N2OS. The third-order valence-electron chi connectivity index (χ3n) is 3.94. The van der Waals surface area contributed by atoms with E-state index in [1.807, 2.05) is 11.8 Å². The molecule has 2 aliphatic heterocycles. The molecule has 0 aromatic rings. The Kier molecular flexibility index (Phi) is 5.37. The van der Waals surface area contributed by atoms with Gasteiger partial charge in [0.25, 0.3) is 0 Å². The molecule has 3 unspecified atom stereocenters. The van der Waals surface area contributed by atoms with Crippen LogP contribution in [0.4, 0.5) is 0 Å². The SMILES string of the molecule is CC1CN(C(=O)CCC2CCCNC2)CC(C)S1. The van der Waals surface area contributed by atoms with Gasteiger partial charge in [-0.1, -0.05) is 13.8 Å². The Morgan fingerprint density at radius 1 is 1.33 bits per heavy atom. The van der Waals surface area contributed by atoms with Crippen LogP contribution in [0.3, 0.4) is 0 Å². The highest BCUT2D eigenvalue weighted by Crippen LogP contribution is 2.25. The summed E-state index contributed by atoms with van der Waals surface area (Å²) in [5.74, 6) is 1.09. The summed E-state index contributed by atoms with van der Waals surface area (Å²) in [6.07, 6.45) is 4.38. The lowest BCUT2D eigenvalue weighted by Gasteiger charge is -2.35. The number of nitrogens with one attached hydrogen (secondary N) is 1. The maximum Gasteiger partial charge on any atom is 0.222 e. The van der Waals surface area contributed by atoms with Crippen LogP contribution >= 0.6 is 11.8 Å². The molecule has 0 spiro atoms. The second-order valence-electron chi connectivity index (χ2n) is 5.81. The number of hydrogen-bond acceptors (Lipinski definition) is 3. The predicted octanol–water partition coefficient (Wildman–Crippen LogP) is 2.12. The van der Waals surface area contributed by atoms with Crippen molar-refractivity contribution in [2.75, 3.05) is 26.2 Å². The maximum absolute atomic E-state index is 12.2. The van der Waals surface area contributed by atoms with E-state index in [9.17, 15) is 4.79 Å². The first-order valence-corrected chi connectivity index (χ1v) is 8.23. The van der Waals surface area contributed by atoms with Crippen LogP contribution in [-0.2, 0) is 4.79 Å². The van der Waals surface area contributed by atoms with Crippen molar-refractivity contribution >= 4 is 17.7 Å². The number of amides is 1. The first-order valence-electron chi connectivity index (χ1n) is 7.29. The number of carbonyl (C=O) groups is 1. The summed E-state index contributed by atoms with van der Waals surface area (Å²) >= 11 is 2.00. The molecule has 0 radical (unpaired) electrons. The number of piperidine rings is 1. The molecule has 104 valence electrons. The van der Waals surface area contributed by atoms with Gasteiger partial charge in [-0.3, -0.25) is 4.79 Å². The molecule has 0 aromatic carbocycles. The zero-order valence-electron chi connectivity index (χ0n) is 11.7. The first kappa shape index (κ1) is 14.2. The van der Waals surface area contributed by atoms with Crippen molar-refractivity contribution in [3.8, 4) is 0 Å². The molecule has 2 saturated heterocycles. The van der Waals surface area contributed by atoms with Gasteiger partial charge in [0.1, 0.15) is 0 Å². The second-order valence-corrected chi connectivity index (χ2v) is 7.69. The summed E-state index contributed by atoms with van der Waals surface area (Å²) in [6, 6.07) is 0. The van der Waals surface area contributed by atoms with Gasteiger partial charge in [0, 0.05) is 30.0 Å². The van der Waals surface area contributed by atoms with Crippen LogP contribution in [0.5, 0.6) is 0 Å². The van der Waals surface area contributed by atoms with Gasteiger partial charge in [-0.25, -0.2) is 0 Å². The first-order chi connectivity index (χ1) is 8.65. The van der Waals surface area contributed by atoms with E-state index in [2.05, 4.69) is 24.1 Å². The Morgan fingerprint density at radius 3 is 2.67 bits per heavy atom. The third-order valence-corrected chi connectivity index (χ3v) is 5.17. The highest BCUT2D eigenvalue weighted by atomic mass is 32.2. The Hall–Kier alpha value is -0.220. The minimum absolute atomic E-state index is 0.375. The Bertz CT molecular complexity index is 269. The van der Waals surface area contributed by atoms with Crippen LogP contribution in [0.1, 0.15) is 39.5 Å². The van der Waals surface area contributed by atoms with Crippen LogP contribution in [0.25, 0.3) is 0 Å². The molecule has 18 heavy (non-hydrogen) atoms. The number of rotatable bonds is 3. The van der Waals surface area contributed by atoms with E-state index in [4.69, 9.17) is 0 Å². The van der Waals surface area contributed by atoms with Crippen molar-refractivity contribution in [3.05, 3.63) is 0 Å². The number of hydrogen-bond donors (Lipinski definition) is 1.